The van der Waals surface area contributed by atoms with E-state index in [0.29, 0.717) is 22.7 Å². The summed E-state index contributed by atoms with van der Waals surface area (Å²) in [4.78, 5) is 19.5. The Morgan fingerprint density at radius 3 is 2.62 bits per heavy atom. The second-order valence-corrected chi connectivity index (χ2v) is 6.51. The van der Waals surface area contributed by atoms with Gasteiger partial charge in [-0.1, -0.05) is 29.8 Å². The van der Waals surface area contributed by atoms with Gasteiger partial charge in [-0.2, -0.15) is 0 Å². The number of aliphatic imine (C=N–C) groups is 1. The molecule has 132 valence electrons. The third-order valence-corrected chi connectivity index (χ3v) is 4.82. The van der Waals surface area contributed by atoms with Gasteiger partial charge in [-0.3, -0.25) is 9.79 Å². The summed E-state index contributed by atoms with van der Waals surface area (Å²) in [6.45, 7) is 2.07. The predicted molar refractivity (Wildman–Crippen MR) is 101 cm³/mol. The average molecular weight is 348 g/mol. The molecule has 0 saturated heterocycles. The van der Waals surface area contributed by atoms with Crippen molar-refractivity contribution in [3.63, 3.8) is 0 Å². The fourth-order valence-corrected chi connectivity index (χ4v) is 3.46. The molecule has 4 rings (SSSR count). The van der Waals surface area contributed by atoms with Crippen LogP contribution in [0.3, 0.4) is 0 Å². The first-order valence-corrected chi connectivity index (χ1v) is 8.51. The van der Waals surface area contributed by atoms with Crippen LogP contribution >= 0.6 is 0 Å². The van der Waals surface area contributed by atoms with Crippen molar-refractivity contribution in [1.82, 2.24) is 4.90 Å². The maximum atomic E-state index is 13.1. The van der Waals surface area contributed by atoms with Crippen LogP contribution in [0.4, 0.5) is 5.69 Å². The smallest absolute Gasteiger partial charge is 0.260 e. The van der Waals surface area contributed by atoms with Crippen LogP contribution in [0.5, 0.6) is 11.5 Å². The number of rotatable bonds is 3. The van der Waals surface area contributed by atoms with Crippen molar-refractivity contribution >= 4 is 23.4 Å². The Morgan fingerprint density at radius 2 is 1.88 bits per heavy atom. The lowest BCUT2D eigenvalue weighted by molar-refractivity contribution is 0.0817. The SMILES string of the molecule is COc1cc2c(cc1OC)C(=O)N1C=C(c3cccc(C)c3)C[C@H]1C=N2. The van der Waals surface area contributed by atoms with Gasteiger partial charge < -0.3 is 14.4 Å². The monoisotopic (exact) mass is 348 g/mol. The van der Waals surface area contributed by atoms with Gasteiger partial charge in [-0.25, -0.2) is 0 Å². The van der Waals surface area contributed by atoms with Crippen molar-refractivity contribution in [1.29, 1.82) is 0 Å². The highest BCUT2D eigenvalue weighted by Gasteiger charge is 2.33. The highest BCUT2D eigenvalue weighted by Crippen LogP contribution is 2.39. The zero-order valence-electron chi connectivity index (χ0n) is 15.0. The molecular formula is C21H20N2O3. The second kappa shape index (κ2) is 6.33. The summed E-state index contributed by atoms with van der Waals surface area (Å²) in [5.74, 6) is 1.01. The number of nitrogens with zero attached hydrogens (tertiary/aromatic N) is 2. The summed E-state index contributed by atoms with van der Waals surface area (Å²) in [5, 5.41) is 0. The molecule has 0 aliphatic carbocycles. The molecule has 5 heteroatoms. The molecule has 5 nitrogen and oxygen atoms in total. The van der Waals surface area contributed by atoms with E-state index >= 15 is 0 Å². The highest BCUT2D eigenvalue weighted by atomic mass is 16.5. The van der Waals surface area contributed by atoms with E-state index in [-0.39, 0.29) is 11.9 Å². The number of carbonyl (C=O) groups excluding carboxylic acids is 1. The number of fused-ring (bicyclic) bond motifs is 2. The Labute approximate surface area is 152 Å². The zero-order valence-corrected chi connectivity index (χ0v) is 15.0. The van der Waals surface area contributed by atoms with Crippen molar-refractivity contribution in [3.8, 4) is 11.5 Å². The maximum absolute atomic E-state index is 13.1. The number of methoxy groups -OCH3 is 2. The van der Waals surface area contributed by atoms with Gasteiger partial charge in [-0.05, 0) is 24.1 Å². The molecule has 0 fully saturated rings. The minimum atomic E-state index is -0.0811. The molecule has 26 heavy (non-hydrogen) atoms. The molecule has 2 aromatic rings. The molecule has 1 amide bonds. The Morgan fingerprint density at radius 1 is 1.12 bits per heavy atom. The standard InChI is InChI=1S/C21H20N2O3/c1-13-5-4-6-14(7-13)15-8-16-11-22-18-10-20(26-3)19(25-2)9-17(18)21(24)23(16)12-15/h4-7,9-12,16H,8H2,1-3H3/t16-/m0/s1. The van der Waals surface area contributed by atoms with Crippen LogP contribution in [-0.2, 0) is 0 Å². The molecule has 2 aromatic carbocycles. The van der Waals surface area contributed by atoms with Crippen LogP contribution in [0.1, 0.15) is 27.9 Å². The summed E-state index contributed by atoms with van der Waals surface area (Å²) >= 11 is 0. The quantitative estimate of drug-likeness (QED) is 0.843. The van der Waals surface area contributed by atoms with Crippen molar-refractivity contribution in [2.45, 2.75) is 19.4 Å². The normalized spacial score (nSPS) is 18.1. The number of hydrogen-bond donors (Lipinski definition) is 0. The molecule has 0 unspecified atom stereocenters. The summed E-state index contributed by atoms with van der Waals surface area (Å²) in [6, 6.07) is 11.7. The van der Waals surface area contributed by atoms with E-state index in [1.165, 1.54) is 5.56 Å². The third-order valence-electron chi connectivity index (χ3n) is 4.82. The van der Waals surface area contributed by atoms with Crippen LogP contribution in [-0.4, -0.2) is 37.3 Å². The number of ether oxygens (including phenoxy) is 2. The van der Waals surface area contributed by atoms with E-state index in [2.05, 4.69) is 30.1 Å². The topological polar surface area (TPSA) is 51.1 Å². The lowest BCUT2D eigenvalue weighted by Gasteiger charge is -2.18. The highest BCUT2D eigenvalue weighted by molar-refractivity contribution is 6.05. The third kappa shape index (κ3) is 2.65. The van der Waals surface area contributed by atoms with Gasteiger partial charge in [0.15, 0.2) is 11.5 Å². The molecule has 0 bridgehead atoms. The van der Waals surface area contributed by atoms with Crippen LogP contribution in [0.25, 0.3) is 5.57 Å². The number of benzene rings is 2. The van der Waals surface area contributed by atoms with Crippen LogP contribution in [0, 0.1) is 6.92 Å². The van der Waals surface area contributed by atoms with Crippen LogP contribution in [0.2, 0.25) is 0 Å². The Hall–Kier alpha value is -3.08. The first-order valence-electron chi connectivity index (χ1n) is 8.51. The number of amides is 1. The van der Waals surface area contributed by atoms with E-state index in [1.54, 1.807) is 31.3 Å². The van der Waals surface area contributed by atoms with Crippen molar-refractivity contribution < 1.29 is 14.3 Å². The molecule has 0 saturated carbocycles. The van der Waals surface area contributed by atoms with Gasteiger partial charge in [0.2, 0.25) is 0 Å². The maximum Gasteiger partial charge on any atom is 0.260 e. The van der Waals surface area contributed by atoms with Crippen LogP contribution < -0.4 is 9.47 Å². The van der Waals surface area contributed by atoms with Crippen molar-refractivity contribution in [2.24, 2.45) is 4.99 Å². The lowest BCUT2D eigenvalue weighted by atomic mass is 10.0. The molecular weight excluding hydrogens is 328 g/mol. The zero-order chi connectivity index (χ0) is 18.3. The van der Waals surface area contributed by atoms with E-state index < -0.39 is 0 Å². The average Bonchev–Trinajstić information content (AvgIpc) is 3.04. The number of aryl methyl sites for hydroxylation is 1. The van der Waals surface area contributed by atoms with Gasteiger partial charge in [0.1, 0.15) is 0 Å². The van der Waals surface area contributed by atoms with E-state index in [0.717, 1.165) is 17.6 Å². The molecule has 2 heterocycles. The summed E-state index contributed by atoms with van der Waals surface area (Å²) < 4.78 is 10.7. The fraction of sp³-hybridized carbons (Fsp3) is 0.238. The number of carbonyl (C=O) groups is 1. The van der Waals surface area contributed by atoms with Crippen molar-refractivity contribution in [3.05, 3.63) is 59.3 Å². The van der Waals surface area contributed by atoms with Crippen LogP contribution in [0.15, 0.2) is 47.6 Å². The van der Waals surface area contributed by atoms with E-state index in [9.17, 15) is 4.79 Å². The number of hydrogen-bond acceptors (Lipinski definition) is 4. The summed E-state index contributed by atoms with van der Waals surface area (Å²) in [7, 11) is 3.13. The minimum absolute atomic E-state index is 0.0777. The molecule has 0 radical (unpaired) electrons. The largest absolute Gasteiger partial charge is 0.493 e. The van der Waals surface area contributed by atoms with Crippen molar-refractivity contribution in [2.75, 3.05) is 14.2 Å². The van der Waals surface area contributed by atoms with Gasteiger partial charge in [-0.15, -0.1) is 0 Å². The Bertz CT molecular complexity index is 946. The summed E-state index contributed by atoms with van der Waals surface area (Å²) in [5.41, 5.74) is 4.61. The molecule has 0 spiro atoms. The Kier molecular flexibility index (Phi) is 3.99. The van der Waals surface area contributed by atoms with Gasteiger partial charge >= 0.3 is 0 Å². The predicted octanol–water partition coefficient (Wildman–Crippen LogP) is 3.98. The summed E-state index contributed by atoms with van der Waals surface area (Å²) in [6.07, 6.45) is 4.54. The first kappa shape index (κ1) is 16.4. The molecule has 1 atom stereocenters. The first-order chi connectivity index (χ1) is 12.6. The second-order valence-electron chi connectivity index (χ2n) is 6.51. The van der Waals surface area contributed by atoms with Gasteiger partial charge in [0.05, 0.1) is 31.5 Å². The Balaban J connectivity index is 1.74. The van der Waals surface area contributed by atoms with E-state index in [1.807, 2.05) is 18.5 Å². The molecule has 0 aromatic heterocycles. The molecule has 0 N–H and O–H groups in total. The lowest BCUT2D eigenvalue weighted by Crippen LogP contribution is -2.32. The minimum Gasteiger partial charge on any atom is -0.493 e. The van der Waals surface area contributed by atoms with Gasteiger partial charge in [0, 0.05) is 24.9 Å². The fourth-order valence-electron chi connectivity index (χ4n) is 3.46. The van der Waals surface area contributed by atoms with Gasteiger partial charge in [0.25, 0.3) is 5.91 Å². The van der Waals surface area contributed by atoms with E-state index in [4.69, 9.17) is 9.47 Å². The molecule has 2 aliphatic rings. The molecule has 2 aliphatic heterocycles.